The number of rotatable bonds is 3. The third-order valence-corrected chi connectivity index (χ3v) is 4.47. The lowest BCUT2D eigenvalue weighted by Crippen LogP contribution is -2.40. The highest BCUT2D eigenvalue weighted by molar-refractivity contribution is 7.12. The fourth-order valence-electron chi connectivity index (χ4n) is 2.13. The van der Waals surface area contributed by atoms with Gasteiger partial charge in [0.1, 0.15) is 0 Å². The highest BCUT2D eigenvalue weighted by Gasteiger charge is 2.20. The van der Waals surface area contributed by atoms with Crippen molar-refractivity contribution in [3.8, 4) is 0 Å². The van der Waals surface area contributed by atoms with Crippen LogP contribution in [0.2, 0.25) is 0 Å². The Hall–Kier alpha value is -0.870. The van der Waals surface area contributed by atoms with Crippen molar-refractivity contribution in [3.63, 3.8) is 0 Å². The molecule has 94 valence electrons. The number of aryl methyl sites for hydroxylation is 2. The SMILES string of the molecule is Cc1cc(CNC(=O)[C@H]2CCCNC2)sc1C. The molecular formula is C13H20N2OS. The average Bonchev–Trinajstić information content (AvgIpc) is 2.67. The number of hydrogen-bond donors (Lipinski definition) is 2. The molecule has 1 atom stereocenters. The number of carbonyl (C=O) groups is 1. The van der Waals surface area contributed by atoms with Gasteiger partial charge >= 0.3 is 0 Å². The van der Waals surface area contributed by atoms with Crippen LogP contribution in [0.4, 0.5) is 0 Å². The summed E-state index contributed by atoms with van der Waals surface area (Å²) in [6, 6.07) is 2.17. The number of hydrogen-bond acceptors (Lipinski definition) is 3. The summed E-state index contributed by atoms with van der Waals surface area (Å²) in [7, 11) is 0. The summed E-state index contributed by atoms with van der Waals surface area (Å²) < 4.78 is 0. The second-order valence-corrected chi connectivity index (χ2v) is 6.05. The molecular weight excluding hydrogens is 232 g/mol. The molecule has 1 saturated heterocycles. The van der Waals surface area contributed by atoms with Crippen LogP contribution in [0.15, 0.2) is 6.07 Å². The Balaban J connectivity index is 1.83. The largest absolute Gasteiger partial charge is 0.351 e. The summed E-state index contributed by atoms with van der Waals surface area (Å²) in [6.07, 6.45) is 2.12. The summed E-state index contributed by atoms with van der Waals surface area (Å²) in [5.41, 5.74) is 1.32. The van der Waals surface area contributed by atoms with Gasteiger partial charge in [-0.2, -0.15) is 0 Å². The van der Waals surface area contributed by atoms with Crippen molar-refractivity contribution in [2.24, 2.45) is 5.92 Å². The second-order valence-electron chi connectivity index (χ2n) is 4.71. The van der Waals surface area contributed by atoms with E-state index in [4.69, 9.17) is 0 Å². The van der Waals surface area contributed by atoms with E-state index in [1.165, 1.54) is 15.3 Å². The number of amides is 1. The molecule has 3 nitrogen and oxygen atoms in total. The summed E-state index contributed by atoms with van der Waals surface area (Å²) in [4.78, 5) is 14.5. The van der Waals surface area contributed by atoms with Crippen LogP contribution in [0.25, 0.3) is 0 Å². The van der Waals surface area contributed by atoms with E-state index in [0.29, 0.717) is 6.54 Å². The van der Waals surface area contributed by atoms with E-state index in [2.05, 4.69) is 30.5 Å². The van der Waals surface area contributed by atoms with Crippen LogP contribution in [0.5, 0.6) is 0 Å². The average molecular weight is 252 g/mol. The van der Waals surface area contributed by atoms with Crippen molar-refractivity contribution in [1.29, 1.82) is 0 Å². The van der Waals surface area contributed by atoms with Gasteiger partial charge in [0, 0.05) is 16.3 Å². The van der Waals surface area contributed by atoms with Crippen LogP contribution in [0.1, 0.15) is 28.2 Å². The molecule has 1 aliphatic heterocycles. The van der Waals surface area contributed by atoms with Gasteiger partial charge in [-0.05, 0) is 44.9 Å². The van der Waals surface area contributed by atoms with E-state index in [-0.39, 0.29) is 11.8 Å². The Morgan fingerprint density at radius 1 is 1.59 bits per heavy atom. The fraction of sp³-hybridized carbons (Fsp3) is 0.615. The first-order chi connectivity index (χ1) is 8.16. The van der Waals surface area contributed by atoms with Gasteiger partial charge in [-0.1, -0.05) is 0 Å². The van der Waals surface area contributed by atoms with Crippen molar-refractivity contribution in [2.75, 3.05) is 13.1 Å². The number of thiophene rings is 1. The first-order valence-corrected chi connectivity index (χ1v) is 7.03. The molecule has 1 aliphatic rings. The Morgan fingerprint density at radius 3 is 3.00 bits per heavy atom. The maximum Gasteiger partial charge on any atom is 0.224 e. The minimum Gasteiger partial charge on any atom is -0.351 e. The molecule has 4 heteroatoms. The predicted molar refractivity (Wildman–Crippen MR) is 71.2 cm³/mol. The smallest absolute Gasteiger partial charge is 0.224 e. The standard InChI is InChI=1S/C13H20N2OS/c1-9-6-12(17-10(9)2)8-15-13(16)11-4-3-5-14-7-11/h6,11,14H,3-5,7-8H2,1-2H3,(H,15,16)/t11-/m0/s1. The minimum absolute atomic E-state index is 0.158. The molecule has 2 heterocycles. The Labute approximate surface area is 107 Å². The summed E-state index contributed by atoms with van der Waals surface area (Å²) in [6.45, 7) is 6.79. The van der Waals surface area contributed by atoms with Gasteiger partial charge in [0.25, 0.3) is 0 Å². The molecule has 0 aliphatic carbocycles. The molecule has 0 bridgehead atoms. The van der Waals surface area contributed by atoms with E-state index >= 15 is 0 Å². The lowest BCUT2D eigenvalue weighted by molar-refractivity contribution is -0.125. The van der Waals surface area contributed by atoms with Gasteiger partial charge in [0.2, 0.25) is 5.91 Å². The molecule has 0 saturated carbocycles. The van der Waals surface area contributed by atoms with Gasteiger partial charge in [-0.3, -0.25) is 4.79 Å². The number of piperidine rings is 1. The first kappa shape index (κ1) is 12.6. The fourth-order valence-corrected chi connectivity index (χ4v) is 3.12. The predicted octanol–water partition coefficient (Wildman–Crippen LogP) is 1.98. The summed E-state index contributed by atoms with van der Waals surface area (Å²) in [5.74, 6) is 0.354. The molecule has 1 aromatic heterocycles. The van der Waals surface area contributed by atoms with E-state index in [0.717, 1.165) is 25.9 Å². The Morgan fingerprint density at radius 2 is 2.41 bits per heavy atom. The molecule has 17 heavy (non-hydrogen) atoms. The zero-order valence-electron chi connectivity index (χ0n) is 10.5. The molecule has 0 unspecified atom stereocenters. The van der Waals surface area contributed by atoms with Gasteiger partial charge < -0.3 is 10.6 Å². The zero-order valence-corrected chi connectivity index (χ0v) is 11.3. The monoisotopic (exact) mass is 252 g/mol. The normalized spacial score (nSPS) is 20.2. The first-order valence-electron chi connectivity index (χ1n) is 6.21. The lowest BCUT2D eigenvalue weighted by atomic mass is 9.99. The summed E-state index contributed by atoms with van der Waals surface area (Å²) in [5, 5.41) is 6.31. The molecule has 0 radical (unpaired) electrons. The molecule has 2 N–H and O–H groups in total. The second kappa shape index (κ2) is 5.65. The number of nitrogens with one attached hydrogen (secondary N) is 2. The van der Waals surface area contributed by atoms with Crippen LogP contribution in [0, 0.1) is 19.8 Å². The van der Waals surface area contributed by atoms with E-state index in [1.807, 2.05) is 0 Å². The topological polar surface area (TPSA) is 41.1 Å². The highest BCUT2D eigenvalue weighted by Crippen LogP contribution is 2.20. The van der Waals surface area contributed by atoms with Crippen molar-refractivity contribution >= 4 is 17.2 Å². The third-order valence-electron chi connectivity index (χ3n) is 3.32. The summed E-state index contributed by atoms with van der Waals surface area (Å²) >= 11 is 1.77. The molecule has 1 aromatic rings. The maximum atomic E-state index is 11.9. The van der Waals surface area contributed by atoms with Gasteiger partial charge in [0.05, 0.1) is 12.5 Å². The van der Waals surface area contributed by atoms with Crippen LogP contribution in [-0.2, 0) is 11.3 Å². The third kappa shape index (κ3) is 3.30. The van der Waals surface area contributed by atoms with Crippen molar-refractivity contribution in [3.05, 3.63) is 21.4 Å². The minimum atomic E-state index is 0.158. The maximum absolute atomic E-state index is 11.9. The highest BCUT2D eigenvalue weighted by atomic mass is 32.1. The quantitative estimate of drug-likeness (QED) is 0.863. The van der Waals surface area contributed by atoms with Crippen LogP contribution < -0.4 is 10.6 Å². The Bertz CT molecular complexity index is 375. The molecule has 2 rings (SSSR count). The zero-order chi connectivity index (χ0) is 12.3. The molecule has 1 amide bonds. The van der Waals surface area contributed by atoms with E-state index in [1.54, 1.807) is 11.3 Å². The van der Waals surface area contributed by atoms with E-state index < -0.39 is 0 Å². The van der Waals surface area contributed by atoms with Crippen molar-refractivity contribution in [1.82, 2.24) is 10.6 Å². The van der Waals surface area contributed by atoms with Gasteiger partial charge in [0.15, 0.2) is 0 Å². The molecule has 1 fully saturated rings. The van der Waals surface area contributed by atoms with Crippen LogP contribution >= 0.6 is 11.3 Å². The van der Waals surface area contributed by atoms with Crippen LogP contribution in [0.3, 0.4) is 0 Å². The molecule has 0 spiro atoms. The van der Waals surface area contributed by atoms with Crippen LogP contribution in [-0.4, -0.2) is 19.0 Å². The van der Waals surface area contributed by atoms with Crippen molar-refractivity contribution < 1.29 is 4.79 Å². The number of carbonyl (C=O) groups excluding carboxylic acids is 1. The van der Waals surface area contributed by atoms with E-state index in [9.17, 15) is 4.79 Å². The van der Waals surface area contributed by atoms with Gasteiger partial charge in [-0.25, -0.2) is 0 Å². The Kier molecular flexibility index (Phi) is 4.18. The van der Waals surface area contributed by atoms with Crippen molar-refractivity contribution in [2.45, 2.75) is 33.2 Å². The van der Waals surface area contributed by atoms with Gasteiger partial charge in [-0.15, -0.1) is 11.3 Å². The lowest BCUT2D eigenvalue weighted by Gasteiger charge is -2.21. The molecule has 0 aromatic carbocycles.